The Balaban J connectivity index is 2.08. The topological polar surface area (TPSA) is 55.1 Å². The summed E-state index contributed by atoms with van der Waals surface area (Å²) >= 11 is 7.42. The van der Waals surface area contributed by atoms with E-state index in [4.69, 9.17) is 16.7 Å². The predicted octanol–water partition coefficient (Wildman–Crippen LogP) is 3.06. The molecule has 1 heterocycles. The number of hydrogen-bond acceptors (Lipinski definition) is 3. The van der Waals surface area contributed by atoms with Crippen LogP contribution >= 0.6 is 23.4 Å². The van der Waals surface area contributed by atoms with Gasteiger partial charge in [-0.05, 0) is 18.2 Å². The van der Waals surface area contributed by atoms with Crippen molar-refractivity contribution in [2.75, 3.05) is 0 Å². The molecule has 0 saturated heterocycles. The van der Waals surface area contributed by atoms with Crippen LogP contribution in [0.2, 0.25) is 5.15 Å². The van der Waals surface area contributed by atoms with Gasteiger partial charge in [-0.25, -0.2) is 9.78 Å². The fraction of sp³-hybridized carbons (Fsp3) is 0.167. The van der Waals surface area contributed by atoms with Gasteiger partial charge in [0.25, 0.3) is 0 Å². The van der Waals surface area contributed by atoms with Gasteiger partial charge < -0.3 is 9.67 Å². The van der Waals surface area contributed by atoms with Crippen LogP contribution in [0.5, 0.6) is 0 Å². The Morgan fingerprint density at radius 1 is 1.56 bits per heavy atom. The molecule has 1 aromatic heterocycles. The lowest BCUT2D eigenvalue weighted by Gasteiger charge is -2.03. The van der Waals surface area contributed by atoms with Crippen molar-refractivity contribution >= 4 is 29.3 Å². The lowest BCUT2D eigenvalue weighted by molar-refractivity contribution is 0.0696. The first-order chi connectivity index (χ1) is 8.58. The van der Waals surface area contributed by atoms with Crippen LogP contribution in [0, 0.1) is 0 Å². The van der Waals surface area contributed by atoms with Crippen molar-refractivity contribution in [2.45, 2.75) is 10.6 Å². The summed E-state index contributed by atoms with van der Waals surface area (Å²) in [5, 5.41) is 9.49. The summed E-state index contributed by atoms with van der Waals surface area (Å²) in [6, 6.07) is 6.83. The van der Waals surface area contributed by atoms with Crippen molar-refractivity contribution in [2.24, 2.45) is 7.05 Å². The number of hydrogen-bond donors (Lipinski definition) is 1. The normalized spacial score (nSPS) is 10.6. The van der Waals surface area contributed by atoms with Crippen LogP contribution in [0.1, 0.15) is 16.2 Å². The van der Waals surface area contributed by atoms with Gasteiger partial charge in [0.2, 0.25) is 0 Å². The first-order valence-electron chi connectivity index (χ1n) is 5.20. The maximum Gasteiger partial charge on any atom is 0.335 e. The lowest BCUT2D eigenvalue weighted by atomic mass is 10.2. The van der Waals surface area contributed by atoms with Gasteiger partial charge >= 0.3 is 5.97 Å². The highest BCUT2D eigenvalue weighted by Crippen LogP contribution is 2.24. The standard InChI is InChI=1S/C12H11ClN2O2S/c1-15-10(13)6-14-11(15)7-18-9-4-2-3-8(5-9)12(16)17/h2-6H,7H2,1H3,(H,16,17). The Morgan fingerprint density at radius 3 is 2.94 bits per heavy atom. The number of imidazole rings is 1. The van der Waals surface area contributed by atoms with Crippen molar-refractivity contribution in [3.63, 3.8) is 0 Å². The van der Waals surface area contributed by atoms with Gasteiger partial charge in [0, 0.05) is 11.9 Å². The first-order valence-corrected chi connectivity index (χ1v) is 6.56. The molecule has 0 fully saturated rings. The third-order valence-corrected chi connectivity index (χ3v) is 3.82. The van der Waals surface area contributed by atoms with Gasteiger partial charge in [0.1, 0.15) is 11.0 Å². The number of rotatable bonds is 4. The van der Waals surface area contributed by atoms with E-state index in [1.807, 2.05) is 13.1 Å². The summed E-state index contributed by atoms with van der Waals surface area (Å²) in [5.41, 5.74) is 0.290. The monoisotopic (exact) mass is 282 g/mol. The highest BCUT2D eigenvalue weighted by atomic mass is 35.5. The molecular formula is C12H11ClN2O2S. The van der Waals surface area contributed by atoms with Gasteiger partial charge in [-0.15, -0.1) is 11.8 Å². The Kier molecular flexibility index (Phi) is 3.93. The third-order valence-electron chi connectivity index (χ3n) is 2.48. The molecule has 18 heavy (non-hydrogen) atoms. The molecule has 2 rings (SSSR count). The zero-order valence-corrected chi connectivity index (χ0v) is 11.2. The molecule has 0 spiro atoms. The molecule has 94 valence electrons. The molecular weight excluding hydrogens is 272 g/mol. The van der Waals surface area contributed by atoms with Gasteiger partial charge in [-0.2, -0.15) is 0 Å². The summed E-state index contributed by atoms with van der Waals surface area (Å²) in [4.78, 5) is 15.9. The van der Waals surface area contributed by atoms with Crippen LogP contribution in [0.15, 0.2) is 35.4 Å². The smallest absolute Gasteiger partial charge is 0.335 e. The SMILES string of the molecule is Cn1c(Cl)cnc1CSc1cccc(C(=O)O)c1. The van der Waals surface area contributed by atoms with Gasteiger partial charge in [0.05, 0.1) is 17.5 Å². The fourth-order valence-electron chi connectivity index (χ4n) is 1.43. The van der Waals surface area contributed by atoms with E-state index in [1.54, 1.807) is 29.0 Å². The van der Waals surface area contributed by atoms with E-state index in [0.717, 1.165) is 10.7 Å². The van der Waals surface area contributed by atoms with Crippen LogP contribution < -0.4 is 0 Å². The van der Waals surface area contributed by atoms with Crippen molar-refractivity contribution in [1.82, 2.24) is 9.55 Å². The van der Waals surface area contributed by atoms with Crippen LogP contribution in [0.3, 0.4) is 0 Å². The second kappa shape index (κ2) is 5.46. The lowest BCUT2D eigenvalue weighted by Crippen LogP contribution is -1.97. The number of benzene rings is 1. The molecule has 0 aliphatic rings. The molecule has 0 atom stereocenters. The Morgan fingerprint density at radius 2 is 2.33 bits per heavy atom. The molecule has 6 heteroatoms. The molecule has 0 saturated carbocycles. The van der Waals surface area contributed by atoms with Crippen molar-refractivity contribution in [1.29, 1.82) is 0 Å². The summed E-state index contributed by atoms with van der Waals surface area (Å²) in [5.74, 6) is 0.579. The third kappa shape index (κ3) is 2.86. The Hall–Kier alpha value is -1.46. The quantitative estimate of drug-likeness (QED) is 0.876. The zero-order chi connectivity index (χ0) is 13.1. The maximum atomic E-state index is 10.8. The Labute approximate surface area is 114 Å². The number of halogens is 1. The fourth-order valence-corrected chi connectivity index (χ4v) is 2.52. The summed E-state index contributed by atoms with van der Waals surface area (Å²) in [6.45, 7) is 0. The van der Waals surface area contributed by atoms with Crippen LogP contribution in [-0.4, -0.2) is 20.6 Å². The molecule has 1 N–H and O–H groups in total. The number of carboxylic acids is 1. The van der Waals surface area contributed by atoms with Crippen molar-refractivity contribution in [3.05, 3.63) is 47.0 Å². The summed E-state index contributed by atoms with van der Waals surface area (Å²) < 4.78 is 1.80. The second-order valence-corrected chi connectivity index (χ2v) is 5.11. The van der Waals surface area contributed by atoms with Gasteiger partial charge in [-0.1, -0.05) is 17.7 Å². The van der Waals surface area contributed by atoms with E-state index in [0.29, 0.717) is 10.9 Å². The largest absolute Gasteiger partial charge is 0.478 e. The Bertz CT molecular complexity index is 583. The number of thioether (sulfide) groups is 1. The highest BCUT2D eigenvalue weighted by molar-refractivity contribution is 7.98. The first kappa shape index (κ1) is 13.0. The second-order valence-electron chi connectivity index (χ2n) is 3.68. The minimum Gasteiger partial charge on any atom is -0.478 e. The molecule has 0 bridgehead atoms. The molecule has 0 radical (unpaired) electrons. The number of carbonyl (C=O) groups is 1. The minimum atomic E-state index is -0.919. The predicted molar refractivity (Wildman–Crippen MR) is 71.2 cm³/mol. The van der Waals surface area contributed by atoms with Gasteiger partial charge in [-0.3, -0.25) is 0 Å². The minimum absolute atomic E-state index is 0.290. The van der Waals surface area contributed by atoms with Crippen molar-refractivity contribution < 1.29 is 9.90 Å². The maximum absolute atomic E-state index is 10.8. The van der Waals surface area contributed by atoms with Gasteiger partial charge in [0.15, 0.2) is 0 Å². The molecule has 0 aliphatic carbocycles. The highest BCUT2D eigenvalue weighted by Gasteiger charge is 2.07. The van der Waals surface area contributed by atoms with E-state index >= 15 is 0 Å². The number of aromatic carboxylic acids is 1. The summed E-state index contributed by atoms with van der Waals surface area (Å²) in [6.07, 6.45) is 1.60. The van der Waals surface area contributed by atoms with E-state index in [2.05, 4.69) is 4.98 Å². The molecule has 0 amide bonds. The zero-order valence-electron chi connectivity index (χ0n) is 9.63. The van der Waals surface area contributed by atoms with E-state index in [1.165, 1.54) is 11.8 Å². The summed E-state index contributed by atoms with van der Waals surface area (Å²) in [7, 11) is 1.85. The van der Waals surface area contributed by atoms with Crippen LogP contribution in [0.4, 0.5) is 0 Å². The molecule has 0 unspecified atom stereocenters. The van der Waals surface area contributed by atoms with Crippen molar-refractivity contribution in [3.8, 4) is 0 Å². The molecule has 0 aliphatic heterocycles. The number of carboxylic acid groups (broad SMARTS) is 1. The van der Waals surface area contributed by atoms with E-state index in [-0.39, 0.29) is 5.56 Å². The molecule has 1 aromatic carbocycles. The molecule has 4 nitrogen and oxygen atoms in total. The van der Waals surface area contributed by atoms with E-state index < -0.39 is 5.97 Å². The number of aromatic nitrogens is 2. The van der Waals surface area contributed by atoms with Crippen LogP contribution in [0.25, 0.3) is 0 Å². The average molecular weight is 283 g/mol. The van der Waals surface area contributed by atoms with E-state index in [9.17, 15) is 4.79 Å². The van der Waals surface area contributed by atoms with Crippen LogP contribution in [-0.2, 0) is 12.8 Å². The average Bonchev–Trinajstić information content (AvgIpc) is 2.68. The molecule has 2 aromatic rings. The number of nitrogens with zero attached hydrogens (tertiary/aromatic N) is 2.